The van der Waals surface area contributed by atoms with Crippen LogP contribution in [0.15, 0.2) is 12.1 Å². The minimum atomic E-state index is -1.09. The van der Waals surface area contributed by atoms with Gasteiger partial charge in [0.2, 0.25) is 0 Å². The average molecular weight is 262 g/mol. The Kier molecular flexibility index (Phi) is 3.16. The van der Waals surface area contributed by atoms with Gasteiger partial charge in [-0.05, 0) is 37.1 Å². The molecule has 1 aromatic carbocycles. The number of carboxylic acid groups (broad SMARTS) is 1. The van der Waals surface area contributed by atoms with Crippen LogP contribution >= 0.6 is 0 Å². The highest BCUT2D eigenvalue weighted by Gasteiger charge is 2.18. The number of ether oxygens (including phenoxy) is 1. The number of nitrogens with one attached hydrogen (secondary N) is 1. The van der Waals surface area contributed by atoms with Crippen LogP contribution < -0.4 is 4.74 Å². The first-order chi connectivity index (χ1) is 8.95. The van der Waals surface area contributed by atoms with Gasteiger partial charge in [-0.15, -0.1) is 0 Å². The van der Waals surface area contributed by atoms with Crippen LogP contribution in [0.5, 0.6) is 11.5 Å². The molecule has 19 heavy (non-hydrogen) atoms. The van der Waals surface area contributed by atoms with Crippen LogP contribution in [0.2, 0.25) is 0 Å². The zero-order valence-corrected chi connectivity index (χ0v) is 10.8. The molecule has 0 amide bonds. The van der Waals surface area contributed by atoms with Crippen LogP contribution in [0.4, 0.5) is 0 Å². The van der Waals surface area contributed by atoms with Gasteiger partial charge in [0.15, 0.2) is 11.5 Å². The second-order valence-corrected chi connectivity index (χ2v) is 4.22. The number of benzene rings is 1. The van der Waals surface area contributed by atoms with Gasteiger partial charge in [0.05, 0.1) is 12.8 Å². The summed E-state index contributed by atoms with van der Waals surface area (Å²) in [5.74, 6) is -0.769. The lowest BCUT2D eigenvalue weighted by atomic mass is 10.0. The van der Waals surface area contributed by atoms with Crippen LogP contribution in [0.1, 0.15) is 21.6 Å². The summed E-state index contributed by atoms with van der Waals surface area (Å²) in [4.78, 5) is 10.8. The summed E-state index contributed by atoms with van der Waals surface area (Å²) >= 11 is 0. The predicted octanol–water partition coefficient (Wildman–Crippen LogP) is 2.11. The zero-order chi connectivity index (χ0) is 14.2. The lowest BCUT2D eigenvalue weighted by molar-refractivity contribution is 0.0690. The van der Waals surface area contributed by atoms with Gasteiger partial charge in [-0.2, -0.15) is 5.10 Å². The van der Waals surface area contributed by atoms with Gasteiger partial charge in [-0.3, -0.25) is 5.10 Å². The standard InChI is InChI=1S/C13H14N2O4/c1-6-4-8(12(19-3)11(16)7(6)2)9-5-10(13(17)18)15-14-9/h4-5,16H,1-3H3,(H,14,15)(H,17,18). The molecule has 0 bridgehead atoms. The highest BCUT2D eigenvalue weighted by atomic mass is 16.5. The Hall–Kier alpha value is -2.50. The number of aromatic carboxylic acids is 1. The van der Waals surface area contributed by atoms with Crippen LogP contribution in [-0.4, -0.2) is 33.5 Å². The van der Waals surface area contributed by atoms with Gasteiger partial charge in [0.1, 0.15) is 5.69 Å². The van der Waals surface area contributed by atoms with E-state index < -0.39 is 5.97 Å². The van der Waals surface area contributed by atoms with Crippen molar-refractivity contribution in [2.75, 3.05) is 7.11 Å². The third kappa shape index (κ3) is 2.12. The lowest BCUT2D eigenvalue weighted by Crippen LogP contribution is -1.95. The van der Waals surface area contributed by atoms with Gasteiger partial charge in [-0.1, -0.05) is 0 Å². The zero-order valence-electron chi connectivity index (χ0n) is 10.8. The molecule has 3 N–H and O–H groups in total. The number of hydrogen-bond acceptors (Lipinski definition) is 4. The summed E-state index contributed by atoms with van der Waals surface area (Å²) in [7, 11) is 1.44. The number of H-pyrrole nitrogens is 1. The number of aromatic amines is 1. The topological polar surface area (TPSA) is 95.4 Å². The maximum atomic E-state index is 10.8. The number of carboxylic acids is 1. The first-order valence-corrected chi connectivity index (χ1v) is 5.62. The highest BCUT2D eigenvalue weighted by Crippen LogP contribution is 2.40. The van der Waals surface area contributed by atoms with Crippen molar-refractivity contribution < 1.29 is 19.7 Å². The van der Waals surface area contributed by atoms with E-state index in [1.54, 1.807) is 13.0 Å². The van der Waals surface area contributed by atoms with Crippen molar-refractivity contribution in [3.05, 3.63) is 29.0 Å². The molecule has 0 spiro atoms. The monoisotopic (exact) mass is 262 g/mol. The van der Waals surface area contributed by atoms with E-state index in [9.17, 15) is 9.90 Å². The Morgan fingerprint density at radius 1 is 1.37 bits per heavy atom. The Balaban J connectivity index is 2.63. The van der Waals surface area contributed by atoms with Crippen LogP contribution in [-0.2, 0) is 0 Å². The summed E-state index contributed by atoms with van der Waals surface area (Å²) in [6.45, 7) is 3.63. The predicted molar refractivity (Wildman–Crippen MR) is 68.7 cm³/mol. The second kappa shape index (κ2) is 4.64. The van der Waals surface area contributed by atoms with E-state index >= 15 is 0 Å². The van der Waals surface area contributed by atoms with Crippen LogP contribution in [0, 0.1) is 13.8 Å². The van der Waals surface area contributed by atoms with Gasteiger partial charge < -0.3 is 14.9 Å². The maximum absolute atomic E-state index is 10.8. The molecule has 1 heterocycles. The van der Waals surface area contributed by atoms with E-state index in [4.69, 9.17) is 9.84 Å². The minimum absolute atomic E-state index is 0.0187. The van der Waals surface area contributed by atoms with Crippen molar-refractivity contribution in [2.24, 2.45) is 0 Å². The molecule has 0 saturated heterocycles. The number of aromatic nitrogens is 2. The average Bonchev–Trinajstić information content (AvgIpc) is 2.85. The number of carbonyl (C=O) groups is 1. The van der Waals surface area contributed by atoms with E-state index in [0.29, 0.717) is 11.3 Å². The number of methoxy groups -OCH3 is 1. The Bertz CT molecular complexity index is 646. The molecule has 0 unspecified atom stereocenters. The lowest BCUT2D eigenvalue weighted by Gasteiger charge is -2.12. The molecule has 0 saturated carbocycles. The number of hydrogen-bond donors (Lipinski definition) is 3. The number of aryl methyl sites for hydroxylation is 1. The van der Waals surface area contributed by atoms with Gasteiger partial charge >= 0.3 is 5.97 Å². The fourth-order valence-electron chi connectivity index (χ4n) is 1.84. The molecule has 0 fully saturated rings. The minimum Gasteiger partial charge on any atom is -0.504 e. The van der Waals surface area contributed by atoms with E-state index in [0.717, 1.165) is 11.1 Å². The number of phenols is 1. The molecule has 0 radical (unpaired) electrons. The summed E-state index contributed by atoms with van der Waals surface area (Å²) in [5.41, 5.74) is 2.53. The third-order valence-electron chi connectivity index (χ3n) is 3.06. The summed E-state index contributed by atoms with van der Waals surface area (Å²) in [6.07, 6.45) is 0. The van der Waals surface area contributed by atoms with Crippen molar-refractivity contribution >= 4 is 5.97 Å². The van der Waals surface area contributed by atoms with Gasteiger partial charge in [0, 0.05) is 5.56 Å². The van der Waals surface area contributed by atoms with Gasteiger partial charge in [0.25, 0.3) is 0 Å². The quantitative estimate of drug-likeness (QED) is 0.787. The molecule has 2 rings (SSSR count). The number of phenolic OH excluding ortho intramolecular Hbond substituents is 1. The second-order valence-electron chi connectivity index (χ2n) is 4.22. The molecule has 2 aromatic rings. The number of rotatable bonds is 3. The summed E-state index contributed by atoms with van der Waals surface area (Å²) in [6, 6.07) is 3.20. The van der Waals surface area contributed by atoms with E-state index in [2.05, 4.69) is 10.2 Å². The molecule has 0 atom stereocenters. The van der Waals surface area contributed by atoms with E-state index in [1.807, 2.05) is 6.92 Å². The van der Waals surface area contributed by atoms with E-state index in [1.165, 1.54) is 13.2 Å². The van der Waals surface area contributed by atoms with Crippen molar-refractivity contribution in [1.29, 1.82) is 0 Å². The third-order valence-corrected chi connectivity index (χ3v) is 3.06. The Labute approximate surface area is 109 Å². The molecule has 6 heteroatoms. The molecule has 0 aliphatic carbocycles. The molecular weight excluding hydrogens is 248 g/mol. The van der Waals surface area contributed by atoms with Crippen molar-refractivity contribution in [1.82, 2.24) is 10.2 Å². The maximum Gasteiger partial charge on any atom is 0.353 e. The first kappa shape index (κ1) is 12.9. The highest BCUT2D eigenvalue weighted by molar-refractivity contribution is 5.87. The van der Waals surface area contributed by atoms with Crippen molar-refractivity contribution in [3.8, 4) is 22.8 Å². The van der Waals surface area contributed by atoms with Crippen molar-refractivity contribution in [2.45, 2.75) is 13.8 Å². The molecule has 0 aliphatic rings. The Morgan fingerprint density at radius 2 is 2.05 bits per heavy atom. The molecular formula is C13H14N2O4. The SMILES string of the molecule is COc1c(-c2cc(C(=O)O)[nH]n2)cc(C)c(C)c1O. The molecule has 100 valence electrons. The summed E-state index contributed by atoms with van der Waals surface area (Å²) < 4.78 is 5.18. The normalized spacial score (nSPS) is 10.5. The molecule has 6 nitrogen and oxygen atoms in total. The largest absolute Gasteiger partial charge is 0.504 e. The number of aromatic hydroxyl groups is 1. The fraction of sp³-hybridized carbons (Fsp3) is 0.231. The van der Waals surface area contributed by atoms with Gasteiger partial charge in [-0.25, -0.2) is 4.79 Å². The smallest absolute Gasteiger partial charge is 0.353 e. The first-order valence-electron chi connectivity index (χ1n) is 5.62. The molecule has 1 aromatic heterocycles. The summed E-state index contributed by atoms with van der Waals surface area (Å²) in [5, 5.41) is 25.3. The van der Waals surface area contributed by atoms with Crippen LogP contribution in [0.3, 0.4) is 0 Å². The van der Waals surface area contributed by atoms with Crippen molar-refractivity contribution in [3.63, 3.8) is 0 Å². The van der Waals surface area contributed by atoms with Crippen LogP contribution in [0.25, 0.3) is 11.3 Å². The molecule has 0 aliphatic heterocycles. The fourth-order valence-corrected chi connectivity index (χ4v) is 1.84. The Morgan fingerprint density at radius 3 is 2.58 bits per heavy atom. The van der Waals surface area contributed by atoms with E-state index in [-0.39, 0.29) is 17.2 Å². The number of nitrogens with zero attached hydrogens (tertiary/aromatic N) is 1.